The zero-order valence-electron chi connectivity index (χ0n) is 12.9. The lowest BCUT2D eigenvalue weighted by Crippen LogP contribution is -2.04. The van der Waals surface area contributed by atoms with Crippen LogP contribution in [0.5, 0.6) is 0 Å². The smallest absolute Gasteiger partial charge is 0.163 e. The summed E-state index contributed by atoms with van der Waals surface area (Å²) in [4.78, 5) is 14.1. The van der Waals surface area contributed by atoms with E-state index in [0.29, 0.717) is 13.0 Å². The van der Waals surface area contributed by atoms with Crippen LogP contribution in [0.3, 0.4) is 0 Å². The minimum atomic E-state index is -0.567. The van der Waals surface area contributed by atoms with E-state index in [-0.39, 0.29) is 0 Å². The summed E-state index contributed by atoms with van der Waals surface area (Å²) in [7, 11) is 0. The van der Waals surface area contributed by atoms with Gasteiger partial charge in [-0.2, -0.15) is 0 Å². The molecule has 6 heteroatoms. The molecule has 1 unspecified atom stereocenters. The van der Waals surface area contributed by atoms with Gasteiger partial charge in [0.2, 0.25) is 0 Å². The van der Waals surface area contributed by atoms with Crippen LogP contribution >= 0.6 is 11.3 Å². The highest BCUT2D eigenvalue weighted by atomic mass is 32.1. The highest BCUT2D eigenvalue weighted by molar-refractivity contribution is 7.10. The topological polar surface area (TPSA) is 63.8 Å². The second-order valence-corrected chi connectivity index (χ2v) is 6.57. The van der Waals surface area contributed by atoms with Crippen molar-refractivity contribution in [2.75, 3.05) is 0 Å². The van der Waals surface area contributed by atoms with Crippen LogP contribution in [0, 0.1) is 0 Å². The van der Waals surface area contributed by atoms with Gasteiger partial charge in [-0.1, -0.05) is 36.4 Å². The second kappa shape index (κ2) is 6.51. The molecule has 0 saturated carbocycles. The third-order valence-electron chi connectivity index (χ3n) is 3.93. The number of nitrogens with zero attached hydrogens (tertiary/aromatic N) is 4. The molecule has 0 fully saturated rings. The first-order valence-electron chi connectivity index (χ1n) is 7.71. The lowest BCUT2D eigenvalue weighted by Gasteiger charge is -2.08. The van der Waals surface area contributed by atoms with Crippen LogP contribution in [0.4, 0.5) is 0 Å². The summed E-state index contributed by atoms with van der Waals surface area (Å²) in [5.74, 6) is 0. The molecule has 4 rings (SSSR count). The van der Waals surface area contributed by atoms with E-state index in [4.69, 9.17) is 0 Å². The number of fused-ring (bicyclic) bond motifs is 1. The van der Waals surface area contributed by atoms with E-state index < -0.39 is 6.10 Å². The number of aromatic nitrogens is 4. The fourth-order valence-electron chi connectivity index (χ4n) is 2.74. The van der Waals surface area contributed by atoms with Crippen molar-refractivity contribution in [3.63, 3.8) is 0 Å². The maximum atomic E-state index is 10.4. The molecule has 1 atom stereocenters. The van der Waals surface area contributed by atoms with Gasteiger partial charge in [0.05, 0.1) is 24.7 Å². The first-order valence-corrected chi connectivity index (χ1v) is 8.59. The molecule has 0 aliphatic heterocycles. The summed E-state index contributed by atoms with van der Waals surface area (Å²) in [6.45, 7) is 0.710. The highest BCUT2D eigenvalue weighted by Gasteiger charge is 2.16. The third-order valence-corrected chi connectivity index (χ3v) is 4.90. The molecule has 0 saturated heterocycles. The Kier molecular flexibility index (Phi) is 4.06. The molecule has 5 nitrogen and oxygen atoms in total. The van der Waals surface area contributed by atoms with E-state index in [0.717, 1.165) is 21.7 Å². The van der Waals surface area contributed by atoms with Crippen molar-refractivity contribution in [1.82, 2.24) is 19.5 Å². The molecule has 0 radical (unpaired) electrons. The Bertz CT molecular complexity index is 934. The Morgan fingerprint density at radius 3 is 2.71 bits per heavy atom. The zero-order chi connectivity index (χ0) is 16.4. The molecule has 0 spiro atoms. The number of rotatable bonds is 5. The predicted molar refractivity (Wildman–Crippen MR) is 93.8 cm³/mol. The Labute approximate surface area is 143 Å². The number of imidazole rings is 1. The van der Waals surface area contributed by atoms with Crippen molar-refractivity contribution < 1.29 is 5.11 Å². The van der Waals surface area contributed by atoms with Crippen molar-refractivity contribution in [1.29, 1.82) is 0 Å². The van der Waals surface area contributed by atoms with Crippen LogP contribution < -0.4 is 0 Å². The molecule has 120 valence electrons. The number of aliphatic hydroxyl groups excluding tert-OH is 1. The first kappa shape index (κ1) is 15.0. The number of hydrogen-bond donors (Lipinski definition) is 1. The van der Waals surface area contributed by atoms with Crippen molar-refractivity contribution >= 4 is 22.5 Å². The van der Waals surface area contributed by atoms with Gasteiger partial charge in [-0.15, -0.1) is 11.3 Å². The molecule has 0 bridgehead atoms. The predicted octanol–water partition coefficient (Wildman–Crippen LogP) is 3.21. The SMILES string of the molecule is OC(Cc1ncnc2c1ncn2Cc1ccccc1)c1cccs1. The Morgan fingerprint density at radius 1 is 1.04 bits per heavy atom. The molecule has 0 amide bonds. The summed E-state index contributed by atoms with van der Waals surface area (Å²) in [5.41, 5.74) is 3.51. The van der Waals surface area contributed by atoms with Crippen LogP contribution in [-0.2, 0) is 13.0 Å². The normalized spacial score (nSPS) is 12.5. The molecule has 3 heterocycles. The third kappa shape index (κ3) is 2.93. The maximum absolute atomic E-state index is 10.4. The molecule has 3 aromatic heterocycles. The van der Waals surface area contributed by atoms with Gasteiger partial charge in [0, 0.05) is 11.3 Å². The lowest BCUT2D eigenvalue weighted by molar-refractivity contribution is 0.181. The van der Waals surface area contributed by atoms with Crippen molar-refractivity contribution in [3.8, 4) is 0 Å². The molecular formula is C18H16N4OS. The molecule has 4 aromatic rings. The van der Waals surface area contributed by atoms with Crippen LogP contribution in [0.1, 0.15) is 22.2 Å². The van der Waals surface area contributed by atoms with Crippen LogP contribution in [0.15, 0.2) is 60.5 Å². The summed E-state index contributed by atoms with van der Waals surface area (Å²) in [5, 5.41) is 12.3. The Balaban J connectivity index is 1.64. The fourth-order valence-corrected chi connectivity index (χ4v) is 3.45. The van der Waals surface area contributed by atoms with Gasteiger partial charge in [-0.05, 0) is 17.0 Å². The molecular weight excluding hydrogens is 320 g/mol. The summed E-state index contributed by atoms with van der Waals surface area (Å²) in [6, 6.07) is 14.1. The minimum absolute atomic E-state index is 0.432. The highest BCUT2D eigenvalue weighted by Crippen LogP contribution is 2.24. The largest absolute Gasteiger partial charge is 0.387 e. The summed E-state index contributed by atoms with van der Waals surface area (Å²) < 4.78 is 2.01. The van der Waals surface area contributed by atoms with E-state index in [1.165, 1.54) is 5.56 Å². The van der Waals surface area contributed by atoms with Crippen LogP contribution in [-0.4, -0.2) is 24.6 Å². The minimum Gasteiger partial charge on any atom is -0.387 e. The Morgan fingerprint density at radius 2 is 1.92 bits per heavy atom. The number of hydrogen-bond acceptors (Lipinski definition) is 5. The van der Waals surface area contributed by atoms with E-state index in [9.17, 15) is 5.11 Å². The van der Waals surface area contributed by atoms with Crippen molar-refractivity contribution in [2.45, 2.75) is 19.1 Å². The van der Waals surface area contributed by atoms with Gasteiger partial charge in [0.1, 0.15) is 11.8 Å². The molecule has 0 aliphatic rings. The van der Waals surface area contributed by atoms with Crippen LogP contribution in [0.2, 0.25) is 0 Å². The van der Waals surface area contributed by atoms with Gasteiger partial charge in [0.25, 0.3) is 0 Å². The number of thiophene rings is 1. The van der Waals surface area contributed by atoms with E-state index in [1.807, 2.05) is 40.3 Å². The number of benzene rings is 1. The van der Waals surface area contributed by atoms with E-state index in [2.05, 4.69) is 27.1 Å². The summed E-state index contributed by atoms with van der Waals surface area (Å²) in [6.07, 6.45) is 3.19. The second-order valence-electron chi connectivity index (χ2n) is 5.59. The van der Waals surface area contributed by atoms with Crippen molar-refractivity contribution in [2.24, 2.45) is 0 Å². The van der Waals surface area contributed by atoms with Gasteiger partial charge < -0.3 is 9.67 Å². The monoisotopic (exact) mass is 336 g/mol. The van der Waals surface area contributed by atoms with Crippen LogP contribution in [0.25, 0.3) is 11.2 Å². The fraction of sp³-hybridized carbons (Fsp3) is 0.167. The molecule has 0 aliphatic carbocycles. The molecule has 1 aromatic carbocycles. The molecule has 24 heavy (non-hydrogen) atoms. The van der Waals surface area contributed by atoms with Gasteiger partial charge in [-0.3, -0.25) is 0 Å². The average molecular weight is 336 g/mol. The van der Waals surface area contributed by atoms with Gasteiger partial charge in [0.15, 0.2) is 5.65 Å². The standard InChI is InChI=1S/C18H16N4OS/c23-15(16-7-4-8-24-16)9-14-17-18(20-11-19-14)22(12-21-17)10-13-5-2-1-3-6-13/h1-8,11-12,15,23H,9-10H2. The summed E-state index contributed by atoms with van der Waals surface area (Å²) >= 11 is 1.54. The van der Waals surface area contributed by atoms with Gasteiger partial charge in [-0.25, -0.2) is 15.0 Å². The Hall–Kier alpha value is -2.57. The van der Waals surface area contributed by atoms with Gasteiger partial charge >= 0.3 is 0 Å². The number of aliphatic hydroxyl groups is 1. The lowest BCUT2D eigenvalue weighted by atomic mass is 10.1. The zero-order valence-corrected chi connectivity index (χ0v) is 13.7. The van der Waals surface area contributed by atoms with Crippen molar-refractivity contribution in [3.05, 3.63) is 76.6 Å². The van der Waals surface area contributed by atoms with E-state index in [1.54, 1.807) is 24.0 Å². The molecule has 1 N–H and O–H groups in total. The van der Waals surface area contributed by atoms with E-state index >= 15 is 0 Å². The maximum Gasteiger partial charge on any atom is 0.163 e. The first-order chi connectivity index (χ1) is 11.8. The quantitative estimate of drug-likeness (QED) is 0.608. The average Bonchev–Trinajstić information content (AvgIpc) is 3.27.